The molecule has 0 aliphatic carbocycles. The maximum Gasteiger partial charge on any atom is 0.311 e. The van der Waals surface area contributed by atoms with Crippen molar-refractivity contribution in [2.45, 2.75) is 25.7 Å². The Hall–Kier alpha value is -2.04. The number of methoxy groups -OCH3 is 1. The second-order valence-electron chi connectivity index (χ2n) is 4.60. The lowest BCUT2D eigenvalue weighted by molar-refractivity contribution is -0.139. The summed E-state index contributed by atoms with van der Waals surface area (Å²) in [6.45, 7) is 2.00. The predicted molar refractivity (Wildman–Crippen MR) is 70.6 cm³/mol. The Labute approximate surface area is 111 Å². The maximum absolute atomic E-state index is 11.8. The van der Waals surface area contributed by atoms with Gasteiger partial charge in [0.25, 0.3) is 0 Å². The van der Waals surface area contributed by atoms with Crippen LogP contribution in [0.25, 0.3) is 0 Å². The third-order valence-corrected chi connectivity index (χ3v) is 3.45. The molecule has 1 aliphatic heterocycles. The number of nitrogens with zero attached hydrogens (tertiary/aromatic N) is 1. The van der Waals surface area contributed by atoms with E-state index >= 15 is 0 Å². The molecule has 0 radical (unpaired) electrons. The van der Waals surface area contributed by atoms with E-state index in [9.17, 15) is 14.7 Å². The van der Waals surface area contributed by atoms with Gasteiger partial charge in [0.15, 0.2) is 0 Å². The number of carboxylic acids is 1. The average Bonchev–Trinajstić information content (AvgIpc) is 2.57. The first-order valence-corrected chi connectivity index (χ1v) is 6.24. The normalized spacial score (nSPS) is 18.4. The van der Waals surface area contributed by atoms with E-state index in [-0.39, 0.29) is 5.91 Å². The Morgan fingerprint density at radius 3 is 2.74 bits per heavy atom. The van der Waals surface area contributed by atoms with Gasteiger partial charge < -0.3 is 14.7 Å². The molecule has 1 aliphatic rings. The Morgan fingerprint density at radius 2 is 2.16 bits per heavy atom. The van der Waals surface area contributed by atoms with Gasteiger partial charge in [-0.15, -0.1) is 0 Å². The molecule has 1 amide bonds. The monoisotopic (exact) mass is 263 g/mol. The molecule has 102 valence electrons. The van der Waals surface area contributed by atoms with Gasteiger partial charge in [-0.3, -0.25) is 9.59 Å². The molecule has 5 nitrogen and oxygen atoms in total. The quantitative estimate of drug-likeness (QED) is 0.886. The molecule has 1 heterocycles. The highest BCUT2D eigenvalue weighted by atomic mass is 16.5. The summed E-state index contributed by atoms with van der Waals surface area (Å²) < 4.78 is 5.29. The molecule has 1 aromatic carbocycles. The van der Waals surface area contributed by atoms with Crippen LogP contribution in [-0.4, -0.2) is 30.6 Å². The Morgan fingerprint density at radius 1 is 1.42 bits per heavy atom. The Kier molecular flexibility index (Phi) is 3.74. The number of anilines is 1. The summed E-state index contributed by atoms with van der Waals surface area (Å²) in [6.07, 6.45) is 1.19. The van der Waals surface area contributed by atoms with Gasteiger partial charge in [-0.25, -0.2) is 0 Å². The number of hydrogen-bond acceptors (Lipinski definition) is 3. The molecule has 0 fully saturated rings. The molecule has 5 heteroatoms. The predicted octanol–water partition coefficient (Wildman–Crippen LogP) is 2.01. The molecule has 1 aromatic rings. The number of ether oxygens (including phenoxy) is 1. The molecular formula is C14H17NO4. The third-order valence-electron chi connectivity index (χ3n) is 3.45. The first-order valence-electron chi connectivity index (χ1n) is 6.24. The molecular weight excluding hydrogens is 246 g/mol. The van der Waals surface area contributed by atoms with Gasteiger partial charge in [0.05, 0.1) is 18.7 Å². The number of benzene rings is 1. The summed E-state index contributed by atoms with van der Waals surface area (Å²) in [5.74, 6) is -1.01. The highest BCUT2D eigenvalue weighted by molar-refractivity contribution is 5.96. The number of aliphatic carboxylic acids is 1. The van der Waals surface area contributed by atoms with E-state index in [1.165, 1.54) is 14.0 Å². The van der Waals surface area contributed by atoms with Crippen LogP contribution in [0.4, 0.5) is 5.69 Å². The van der Waals surface area contributed by atoms with E-state index in [1.807, 2.05) is 0 Å². The lowest BCUT2D eigenvalue weighted by Gasteiger charge is -2.24. The van der Waals surface area contributed by atoms with E-state index in [2.05, 4.69) is 0 Å². The van der Waals surface area contributed by atoms with Gasteiger partial charge in [-0.1, -0.05) is 12.1 Å². The van der Waals surface area contributed by atoms with Crippen LogP contribution in [-0.2, 0) is 9.59 Å². The molecule has 2 rings (SSSR count). The largest absolute Gasteiger partial charge is 0.495 e. The van der Waals surface area contributed by atoms with Crippen LogP contribution in [0.3, 0.4) is 0 Å². The summed E-state index contributed by atoms with van der Waals surface area (Å²) in [5.41, 5.74) is 1.25. The van der Waals surface area contributed by atoms with Crippen LogP contribution in [0.1, 0.15) is 31.2 Å². The number of carbonyl (C=O) groups excluding carboxylic acids is 1. The maximum atomic E-state index is 11.8. The average molecular weight is 263 g/mol. The van der Waals surface area contributed by atoms with Gasteiger partial charge in [-0.05, 0) is 24.5 Å². The minimum Gasteiger partial charge on any atom is -0.495 e. The van der Waals surface area contributed by atoms with Gasteiger partial charge in [0.2, 0.25) is 5.91 Å². The molecule has 1 unspecified atom stereocenters. The highest BCUT2D eigenvalue weighted by Crippen LogP contribution is 2.40. The first-order chi connectivity index (χ1) is 9.06. The second-order valence-corrected chi connectivity index (χ2v) is 4.60. The molecule has 0 saturated carbocycles. The number of amides is 1. The SMILES string of the molecule is COc1cccc2c1N(C(C)=O)CCCC2C(=O)O. The standard InChI is InChI=1S/C14H17NO4/c1-9(16)15-8-4-6-11(14(17)18)10-5-3-7-12(19-2)13(10)15/h3,5,7,11H,4,6,8H2,1-2H3,(H,17,18). The van der Waals surface area contributed by atoms with E-state index in [1.54, 1.807) is 23.1 Å². The number of carbonyl (C=O) groups is 2. The molecule has 0 bridgehead atoms. The zero-order valence-electron chi connectivity index (χ0n) is 11.0. The van der Waals surface area contributed by atoms with Crippen molar-refractivity contribution in [2.24, 2.45) is 0 Å². The summed E-state index contributed by atoms with van der Waals surface area (Å²) in [6, 6.07) is 5.27. The molecule has 1 atom stereocenters. The summed E-state index contributed by atoms with van der Waals surface area (Å²) in [5, 5.41) is 9.35. The summed E-state index contributed by atoms with van der Waals surface area (Å²) >= 11 is 0. The number of para-hydroxylation sites is 1. The van der Waals surface area contributed by atoms with Crippen molar-refractivity contribution in [3.05, 3.63) is 23.8 Å². The van der Waals surface area contributed by atoms with Gasteiger partial charge in [0.1, 0.15) is 5.75 Å². The van der Waals surface area contributed by atoms with Crippen LogP contribution in [0, 0.1) is 0 Å². The van der Waals surface area contributed by atoms with Crippen molar-refractivity contribution in [2.75, 3.05) is 18.6 Å². The van der Waals surface area contributed by atoms with Gasteiger partial charge >= 0.3 is 5.97 Å². The van der Waals surface area contributed by atoms with Crippen molar-refractivity contribution in [1.82, 2.24) is 0 Å². The summed E-state index contributed by atoms with van der Waals surface area (Å²) in [7, 11) is 1.52. The number of fused-ring (bicyclic) bond motifs is 1. The lowest BCUT2D eigenvalue weighted by atomic mass is 9.94. The lowest BCUT2D eigenvalue weighted by Crippen LogP contribution is -2.29. The van der Waals surface area contributed by atoms with E-state index in [4.69, 9.17) is 4.74 Å². The number of hydrogen-bond donors (Lipinski definition) is 1. The topological polar surface area (TPSA) is 66.8 Å². The Balaban J connectivity index is 2.63. The van der Waals surface area contributed by atoms with Crippen LogP contribution >= 0.6 is 0 Å². The Bertz CT molecular complexity index is 512. The zero-order chi connectivity index (χ0) is 14.0. The van der Waals surface area contributed by atoms with Crippen LogP contribution in [0.15, 0.2) is 18.2 Å². The highest BCUT2D eigenvalue weighted by Gasteiger charge is 2.31. The van der Waals surface area contributed by atoms with Gasteiger partial charge in [-0.2, -0.15) is 0 Å². The summed E-state index contributed by atoms with van der Waals surface area (Å²) in [4.78, 5) is 24.8. The van der Waals surface area contributed by atoms with Crippen molar-refractivity contribution in [1.29, 1.82) is 0 Å². The fourth-order valence-electron chi connectivity index (χ4n) is 2.57. The molecule has 19 heavy (non-hydrogen) atoms. The van der Waals surface area contributed by atoms with Crippen LogP contribution < -0.4 is 9.64 Å². The van der Waals surface area contributed by atoms with Crippen LogP contribution in [0.5, 0.6) is 5.75 Å². The van der Waals surface area contributed by atoms with Gasteiger partial charge in [0, 0.05) is 13.5 Å². The van der Waals surface area contributed by atoms with E-state index in [0.717, 1.165) is 0 Å². The van der Waals surface area contributed by atoms with Crippen molar-refractivity contribution in [3.8, 4) is 5.75 Å². The van der Waals surface area contributed by atoms with Crippen molar-refractivity contribution >= 4 is 17.6 Å². The number of carboxylic acid groups (broad SMARTS) is 1. The van der Waals surface area contributed by atoms with Crippen molar-refractivity contribution < 1.29 is 19.4 Å². The third kappa shape index (κ3) is 2.41. The second kappa shape index (κ2) is 5.30. The fourth-order valence-corrected chi connectivity index (χ4v) is 2.57. The minimum absolute atomic E-state index is 0.100. The first kappa shape index (κ1) is 13.4. The fraction of sp³-hybridized carbons (Fsp3) is 0.429. The smallest absolute Gasteiger partial charge is 0.311 e. The molecule has 0 aromatic heterocycles. The number of rotatable bonds is 2. The van der Waals surface area contributed by atoms with E-state index in [0.29, 0.717) is 36.4 Å². The molecule has 0 saturated heterocycles. The van der Waals surface area contributed by atoms with Crippen molar-refractivity contribution in [3.63, 3.8) is 0 Å². The molecule has 0 spiro atoms. The zero-order valence-corrected chi connectivity index (χ0v) is 11.0. The minimum atomic E-state index is -0.861. The van der Waals surface area contributed by atoms with Crippen LogP contribution in [0.2, 0.25) is 0 Å². The molecule has 1 N–H and O–H groups in total. The van der Waals surface area contributed by atoms with E-state index < -0.39 is 11.9 Å².